The van der Waals surface area contributed by atoms with E-state index in [9.17, 15) is 0 Å². The average molecular weight is 377 g/mol. The molecule has 0 radical (unpaired) electrons. The van der Waals surface area contributed by atoms with Crippen LogP contribution in [0.5, 0.6) is 5.75 Å². The van der Waals surface area contributed by atoms with Crippen LogP contribution in [0, 0.1) is 0 Å². The van der Waals surface area contributed by atoms with E-state index >= 15 is 0 Å². The highest BCUT2D eigenvalue weighted by molar-refractivity contribution is 9.11. The van der Waals surface area contributed by atoms with Crippen molar-refractivity contribution in [3.63, 3.8) is 0 Å². The molecule has 0 amide bonds. The number of rotatable bonds is 8. The van der Waals surface area contributed by atoms with Crippen molar-refractivity contribution < 1.29 is 4.74 Å². The van der Waals surface area contributed by atoms with Crippen molar-refractivity contribution in [2.45, 2.75) is 26.3 Å². The van der Waals surface area contributed by atoms with Gasteiger partial charge in [-0.2, -0.15) is 0 Å². The molecule has 0 aromatic heterocycles. The smallest absolute Gasteiger partial charge is 0.147 e. The summed E-state index contributed by atoms with van der Waals surface area (Å²) < 4.78 is 7.75. The first-order valence-corrected chi connectivity index (χ1v) is 7.70. The summed E-state index contributed by atoms with van der Waals surface area (Å²) in [6, 6.07) is 4.19. The van der Waals surface area contributed by atoms with Crippen LogP contribution in [0.15, 0.2) is 33.7 Å². The van der Waals surface area contributed by atoms with Gasteiger partial charge in [-0.25, -0.2) is 0 Å². The number of unbranched alkanes of at least 4 members (excludes halogenated alkanes) is 1. The molecule has 0 bridgehead atoms. The minimum Gasteiger partial charge on any atom is -0.491 e. The second kappa shape index (κ2) is 8.73. The van der Waals surface area contributed by atoms with E-state index in [1.54, 1.807) is 0 Å². The summed E-state index contributed by atoms with van der Waals surface area (Å²) >= 11 is 7.11. The SMILES string of the molecule is C=CCCCOc1c(Br)cc(CNCC)cc1Br. The Labute approximate surface area is 126 Å². The highest BCUT2D eigenvalue weighted by Gasteiger charge is 2.08. The molecule has 0 aliphatic rings. The zero-order valence-corrected chi connectivity index (χ0v) is 13.8. The van der Waals surface area contributed by atoms with E-state index in [4.69, 9.17) is 4.74 Å². The summed E-state index contributed by atoms with van der Waals surface area (Å²) in [7, 11) is 0. The van der Waals surface area contributed by atoms with Gasteiger partial charge in [0.25, 0.3) is 0 Å². The largest absolute Gasteiger partial charge is 0.491 e. The predicted molar refractivity (Wildman–Crippen MR) is 84.1 cm³/mol. The molecule has 0 unspecified atom stereocenters. The minimum atomic E-state index is 0.704. The third kappa shape index (κ3) is 5.12. The van der Waals surface area contributed by atoms with Gasteiger partial charge in [0.2, 0.25) is 0 Å². The highest BCUT2D eigenvalue weighted by atomic mass is 79.9. The molecule has 0 spiro atoms. The minimum absolute atomic E-state index is 0.704. The van der Waals surface area contributed by atoms with Crippen LogP contribution in [-0.2, 0) is 6.54 Å². The van der Waals surface area contributed by atoms with Gasteiger partial charge in [0.1, 0.15) is 5.75 Å². The van der Waals surface area contributed by atoms with Gasteiger partial charge in [0.05, 0.1) is 15.6 Å². The maximum absolute atomic E-state index is 5.77. The molecule has 0 saturated carbocycles. The van der Waals surface area contributed by atoms with Crippen molar-refractivity contribution in [1.29, 1.82) is 0 Å². The average Bonchev–Trinajstić information content (AvgIpc) is 2.34. The van der Waals surface area contributed by atoms with E-state index < -0.39 is 0 Å². The Morgan fingerprint density at radius 2 is 2.00 bits per heavy atom. The lowest BCUT2D eigenvalue weighted by molar-refractivity contribution is 0.308. The van der Waals surface area contributed by atoms with Crippen molar-refractivity contribution in [1.82, 2.24) is 5.32 Å². The van der Waals surface area contributed by atoms with Gasteiger partial charge in [-0.1, -0.05) is 13.0 Å². The fraction of sp³-hybridized carbons (Fsp3) is 0.429. The van der Waals surface area contributed by atoms with Crippen molar-refractivity contribution >= 4 is 31.9 Å². The topological polar surface area (TPSA) is 21.3 Å². The Morgan fingerprint density at radius 1 is 1.33 bits per heavy atom. The van der Waals surface area contributed by atoms with Crippen LogP contribution in [0.2, 0.25) is 0 Å². The van der Waals surface area contributed by atoms with E-state index in [1.807, 2.05) is 6.08 Å². The summed E-state index contributed by atoms with van der Waals surface area (Å²) in [5.41, 5.74) is 1.23. The molecular weight excluding hydrogens is 358 g/mol. The first-order valence-electron chi connectivity index (χ1n) is 6.11. The maximum Gasteiger partial charge on any atom is 0.147 e. The quantitative estimate of drug-likeness (QED) is 0.526. The lowest BCUT2D eigenvalue weighted by Crippen LogP contribution is -2.11. The summed E-state index contributed by atoms with van der Waals surface area (Å²) in [4.78, 5) is 0. The molecule has 1 N–H and O–H groups in total. The van der Waals surface area contributed by atoms with Crippen molar-refractivity contribution in [3.8, 4) is 5.75 Å². The van der Waals surface area contributed by atoms with Crippen LogP contribution >= 0.6 is 31.9 Å². The van der Waals surface area contributed by atoms with Gasteiger partial charge in [-0.15, -0.1) is 6.58 Å². The Balaban J connectivity index is 2.65. The molecule has 0 fully saturated rings. The lowest BCUT2D eigenvalue weighted by Gasteiger charge is -2.12. The summed E-state index contributed by atoms with van der Waals surface area (Å²) in [5.74, 6) is 0.874. The molecule has 2 nitrogen and oxygen atoms in total. The first-order chi connectivity index (χ1) is 8.69. The molecule has 0 aliphatic heterocycles. The highest BCUT2D eigenvalue weighted by Crippen LogP contribution is 2.34. The summed E-state index contributed by atoms with van der Waals surface area (Å²) in [6.45, 7) is 8.33. The van der Waals surface area contributed by atoms with Crippen molar-refractivity contribution in [3.05, 3.63) is 39.3 Å². The number of nitrogens with one attached hydrogen (secondary N) is 1. The molecule has 0 heterocycles. The summed E-state index contributed by atoms with van der Waals surface area (Å²) in [5, 5.41) is 3.30. The molecule has 18 heavy (non-hydrogen) atoms. The molecular formula is C14H19Br2NO. The van der Waals surface area contributed by atoms with Gasteiger partial charge in [0, 0.05) is 6.54 Å². The van der Waals surface area contributed by atoms with Gasteiger partial charge >= 0.3 is 0 Å². The number of allylic oxidation sites excluding steroid dienone is 1. The Kier molecular flexibility index (Phi) is 7.63. The molecule has 0 atom stereocenters. The van der Waals surface area contributed by atoms with Gasteiger partial charge in [-0.3, -0.25) is 0 Å². The molecule has 0 aliphatic carbocycles. The molecule has 100 valence electrons. The third-order valence-electron chi connectivity index (χ3n) is 2.44. The number of hydrogen-bond donors (Lipinski definition) is 1. The van der Waals surface area contributed by atoms with Crippen LogP contribution in [0.1, 0.15) is 25.3 Å². The van der Waals surface area contributed by atoms with Crippen LogP contribution in [-0.4, -0.2) is 13.2 Å². The van der Waals surface area contributed by atoms with Crippen molar-refractivity contribution in [2.24, 2.45) is 0 Å². The summed E-state index contributed by atoms with van der Waals surface area (Å²) in [6.07, 6.45) is 3.88. The van der Waals surface area contributed by atoms with Gasteiger partial charge in [0.15, 0.2) is 0 Å². The van der Waals surface area contributed by atoms with Crippen LogP contribution < -0.4 is 10.1 Å². The number of hydrogen-bond acceptors (Lipinski definition) is 2. The Hall–Kier alpha value is -0.320. The second-order valence-corrected chi connectivity index (χ2v) is 5.66. The van der Waals surface area contributed by atoms with Gasteiger partial charge < -0.3 is 10.1 Å². The van der Waals surface area contributed by atoms with Crippen LogP contribution in [0.25, 0.3) is 0 Å². The Bertz CT molecular complexity index is 370. The van der Waals surface area contributed by atoms with E-state index in [-0.39, 0.29) is 0 Å². The van der Waals surface area contributed by atoms with Crippen LogP contribution in [0.4, 0.5) is 0 Å². The Morgan fingerprint density at radius 3 is 2.56 bits per heavy atom. The zero-order chi connectivity index (χ0) is 13.4. The monoisotopic (exact) mass is 375 g/mol. The molecule has 1 rings (SSSR count). The standard InChI is InChI=1S/C14H19Br2NO/c1-3-5-6-7-18-14-12(15)8-11(9-13(14)16)10-17-4-2/h3,8-9,17H,1,4-7,10H2,2H3. The normalized spacial score (nSPS) is 10.4. The zero-order valence-electron chi connectivity index (χ0n) is 10.6. The molecule has 1 aromatic rings. The second-order valence-electron chi connectivity index (χ2n) is 3.95. The number of benzene rings is 1. The molecule has 4 heteroatoms. The maximum atomic E-state index is 5.77. The fourth-order valence-electron chi connectivity index (χ4n) is 1.52. The number of ether oxygens (including phenoxy) is 1. The number of halogens is 2. The van der Waals surface area contributed by atoms with Crippen molar-refractivity contribution in [2.75, 3.05) is 13.2 Å². The predicted octanol–water partition coefficient (Wildman–Crippen LogP) is 4.67. The third-order valence-corrected chi connectivity index (χ3v) is 3.61. The van der Waals surface area contributed by atoms with Gasteiger partial charge in [-0.05, 0) is 68.9 Å². The van der Waals surface area contributed by atoms with E-state index in [1.165, 1.54) is 5.56 Å². The lowest BCUT2D eigenvalue weighted by atomic mass is 10.2. The fourth-order valence-corrected chi connectivity index (χ4v) is 3.03. The van der Waals surface area contributed by atoms with E-state index in [0.717, 1.165) is 40.6 Å². The van der Waals surface area contributed by atoms with E-state index in [0.29, 0.717) is 6.61 Å². The molecule has 1 aromatic carbocycles. The van der Waals surface area contributed by atoms with E-state index in [2.05, 4.69) is 62.8 Å². The molecule has 0 saturated heterocycles. The first kappa shape index (κ1) is 15.7. The van der Waals surface area contributed by atoms with Crippen LogP contribution in [0.3, 0.4) is 0 Å².